The number of aliphatic hydroxyl groups excluding tert-OH is 1. The molecule has 1 aromatic rings. The minimum absolute atomic E-state index is 0.0368. The molecule has 0 spiro atoms. The number of carbonyl (C=O) groups is 3. The molecule has 5 rings (SSSR count). The maximum atomic E-state index is 14.8. The number of carbonyl (C=O) groups excluding carboxylic acids is 3. The number of aliphatic hydroxyl groups is 1. The van der Waals surface area contributed by atoms with Crippen molar-refractivity contribution >= 4 is 29.3 Å². The van der Waals surface area contributed by atoms with E-state index in [1.165, 1.54) is 12.1 Å². The normalized spacial score (nSPS) is 29.1. The van der Waals surface area contributed by atoms with Crippen LogP contribution in [0, 0.1) is 23.2 Å². The van der Waals surface area contributed by atoms with Crippen LogP contribution in [0.3, 0.4) is 0 Å². The van der Waals surface area contributed by atoms with Gasteiger partial charge in [0.1, 0.15) is 12.1 Å². The molecule has 1 saturated carbocycles. The van der Waals surface area contributed by atoms with Crippen molar-refractivity contribution in [3.05, 3.63) is 34.9 Å². The molecule has 34 heavy (non-hydrogen) atoms. The van der Waals surface area contributed by atoms with Gasteiger partial charge in [-0.25, -0.2) is 8.78 Å². The Balaban J connectivity index is 1.58. The summed E-state index contributed by atoms with van der Waals surface area (Å²) in [5.41, 5.74) is 0.187. The van der Waals surface area contributed by atoms with Crippen molar-refractivity contribution in [2.45, 2.75) is 62.3 Å². The van der Waals surface area contributed by atoms with Gasteiger partial charge in [0.25, 0.3) is 11.8 Å². The van der Waals surface area contributed by atoms with Crippen LogP contribution >= 0.6 is 11.6 Å². The summed E-state index contributed by atoms with van der Waals surface area (Å²) in [5, 5.41) is 25.6. The molecule has 2 bridgehead atoms. The molecule has 0 aromatic heterocycles. The molecule has 3 amide bonds. The van der Waals surface area contributed by atoms with Crippen LogP contribution in [-0.2, 0) is 14.4 Å². The van der Waals surface area contributed by atoms with Crippen LogP contribution in [0.2, 0.25) is 5.02 Å². The third kappa shape index (κ3) is 4.59. The van der Waals surface area contributed by atoms with Crippen LogP contribution in [0.4, 0.5) is 8.78 Å². The van der Waals surface area contributed by atoms with Gasteiger partial charge in [-0.15, -0.1) is 0 Å². The fourth-order valence-electron chi connectivity index (χ4n) is 5.34. The zero-order valence-corrected chi connectivity index (χ0v) is 19.0. The lowest BCUT2D eigenvalue weighted by atomic mass is 9.71. The molecule has 3 N–H and O–H groups in total. The van der Waals surface area contributed by atoms with Gasteiger partial charge in [0, 0.05) is 29.9 Å². The largest absolute Gasteiger partial charge is 0.378 e. The van der Waals surface area contributed by atoms with Gasteiger partial charge in [-0.3, -0.25) is 14.4 Å². The molecule has 4 fully saturated rings. The number of fused-ring (bicyclic) bond motifs is 3. The SMILES string of the molecule is N#C[C@@H](C[C@@H]1CCNC1=O)NC(=O)[C@H]1[C@@H]2CC[C@@H](CC2(F)F)N1C(=O)[C@H](O)c1cccc(Cl)c1. The average Bonchev–Trinajstić information content (AvgIpc) is 3.20. The molecule has 3 aliphatic heterocycles. The second-order valence-electron chi connectivity index (χ2n) is 9.15. The number of alkyl halides is 2. The number of hydrogen-bond donors (Lipinski definition) is 3. The van der Waals surface area contributed by atoms with E-state index < -0.39 is 60.2 Å². The summed E-state index contributed by atoms with van der Waals surface area (Å²) < 4.78 is 29.6. The number of nitrogens with one attached hydrogen (secondary N) is 2. The van der Waals surface area contributed by atoms with Gasteiger partial charge in [-0.05, 0) is 43.4 Å². The standard InChI is InChI=1S/C23H25ClF2N4O4/c24-14-3-1-2-12(8-14)19(31)22(34)30-16-4-5-17(23(25,26)10-16)18(30)21(33)29-15(11-27)9-13-6-7-28-20(13)32/h1-3,8,13,15-19,31H,4-7,9-10H2,(H,28,32)(H,29,33)/t13-,15+,16-,17-,18+,19+/m0/s1. The van der Waals surface area contributed by atoms with Crippen LogP contribution in [0.15, 0.2) is 24.3 Å². The summed E-state index contributed by atoms with van der Waals surface area (Å²) in [6, 6.07) is 4.35. The quantitative estimate of drug-likeness (QED) is 0.557. The van der Waals surface area contributed by atoms with Gasteiger partial charge in [0.05, 0.1) is 12.0 Å². The van der Waals surface area contributed by atoms with E-state index in [9.17, 15) is 33.5 Å². The average molecular weight is 495 g/mol. The number of nitrogens with zero attached hydrogens (tertiary/aromatic N) is 2. The van der Waals surface area contributed by atoms with Crippen molar-refractivity contribution < 1.29 is 28.3 Å². The molecule has 1 aliphatic carbocycles. The van der Waals surface area contributed by atoms with E-state index in [0.29, 0.717) is 13.0 Å². The van der Waals surface area contributed by atoms with E-state index in [-0.39, 0.29) is 35.8 Å². The predicted molar refractivity (Wildman–Crippen MR) is 116 cm³/mol. The van der Waals surface area contributed by atoms with Gasteiger partial charge < -0.3 is 20.6 Å². The minimum atomic E-state index is -3.17. The molecular formula is C23H25ClF2N4O4. The Hall–Kier alpha value is -2.77. The van der Waals surface area contributed by atoms with Crippen LogP contribution in [0.5, 0.6) is 0 Å². The first-order valence-electron chi connectivity index (χ1n) is 11.2. The van der Waals surface area contributed by atoms with Crippen molar-refractivity contribution in [3.63, 3.8) is 0 Å². The molecule has 0 radical (unpaired) electrons. The number of nitriles is 1. The van der Waals surface area contributed by atoms with Crippen molar-refractivity contribution in [1.29, 1.82) is 5.26 Å². The van der Waals surface area contributed by atoms with E-state index in [1.54, 1.807) is 12.1 Å². The molecule has 182 valence electrons. The first-order chi connectivity index (χ1) is 16.1. The highest BCUT2D eigenvalue weighted by molar-refractivity contribution is 6.30. The molecule has 6 atom stereocenters. The van der Waals surface area contributed by atoms with Gasteiger partial charge in [0.15, 0.2) is 6.10 Å². The van der Waals surface area contributed by atoms with Crippen molar-refractivity contribution in [2.75, 3.05) is 6.54 Å². The Morgan fingerprint density at radius 2 is 2.12 bits per heavy atom. The highest BCUT2D eigenvalue weighted by Crippen LogP contribution is 2.49. The first-order valence-corrected chi connectivity index (χ1v) is 11.6. The number of benzene rings is 1. The third-order valence-electron chi connectivity index (χ3n) is 7.01. The van der Waals surface area contributed by atoms with Gasteiger partial charge >= 0.3 is 0 Å². The Bertz CT molecular complexity index is 1030. The van der Waals surface area contributed by atoms with Gasteiger partial charge in [-0.1, -0.05) is 23.7 Å². The number of piperidine rings is 2. The van der Waals surface area contributed by atoms with Gasteiger partial charge in [0.2, 0.25) is 11.8 Å². The predicted octanol–water partition coefficient (Wildman–Crippen LogP) is 1.92. The first kappa shape index (κ1) is 24.4. The monoisotopic (exact) mass is 494 g/mol. The fourth-order valence-corrected chi connectivity index (χ4v) is 5.54. The molecule has 0 unspecified atom stereocenters. The second-order valence-corrected chi connectivity index (χ2v) is 9.59. The lowest BCUT2D eigenvalue weighted by molar-refractivity contribution is -0.198. The van der Waals surface area contributed by atoms with Crippen molar-refractivity contribution in [3.8, 4) is 6.07 Å². The number of hydrogen-bond acceptors (Lipinski definition) is 5. The molecule has 11 heteroatoms. The maximum absolute atomic E-state index is 14.8. The Kier molecular flexibility index (Phi) is 6.78. The summed E-state index contributed by atoms with van der Waals surface area (Å²) >= 11 is 5.95. The summed E-state index contributed by atoms with van der Waals surface area (Å²) in [4.78, 5) is 39.4. The highest BCUT2D eigenvalue weighted by atomic mass is 35.5. The minimum Gasteiger partial charge on any atom is -0.378 e. The number of rotatable bonds is 6. The third-order valence-corrected chi connectivity index (χ3v) is 7.25. The molecule has 3 heterocycles. The Morgan fingerprint density at radius 3 is 2.74 bits per heavy atom. The maximum Gasteiger partial charge on any atom is 0.256 e. The molecule has 8 nitrogen and oxygen atoms in total. The zero-order chi connectivity index (χ0) is 24.6. The zero-order valence-electron chi connectivity index (χ0n) is 18.2. The van der Waals surface area contributed by atoms with Crippen LogP contribution in [-0.4, -0.2) is 58.3 Å². The molecule has 4 aliphatic rings. The summed E-state index contributed by atoms with van der Waals surface area (Å²) in [7, 11) is 0. The lowest BCUT2D eigenvalue weighted by Gasteiger charge is -2.54. The Labute approximate surface area is 200 Å². The lowest BCUT2D eigenvalue weighted by Crippen LogP contribution is -2.69. The van der Waals surface area contributed by atoms with Gasteiger partial charge in [-0.2, -0.15) is 5.26 Å². The summed E-state index contributed by atoms with van der Waals surface area (Å²) in [6.07, 6.45) is -1.41. The van der Waals surface area contributed by atoms with E-state index in [2.05, 4.69) is 10.6 Å². The Morgan fingerprint density at radius 1 is 1.35 bits per heavy atom. The van der Waals surface area contributed by atoms with Crippen LogP contribution in [0.1, 0.15) is 43.8 Å². The van der Waals surface area contributed by atoms with Crippen molar-refractivity contribution in [1.82, 2.24) is 15.5 Å². The molecule has 1 aromatic carbocycles. The molecule has 3 saturated heterocycles. The summed E-state index contributed by atoms with van der Waals surface area (Å²) in [6.45, 7) is 0.470. The summed E-state index contributed by atoms with van der Waals surface area (Å²) in [5.74, 6) is -7.05. The van der Waals surface area contributed by atoms with E-state index in [1.807, 2.05) is 6.07 Å². The van der Waals surface area contributed by atoms with E-state index in [4.69, 9.17) is 11.6 Å². The van der Waals surface area contributed by atoms with E-state index in [0.717, 1.165) is 4.90 Å². The smallest absolute Gasteiger partial charge is 0.256 e. The van der Waals surface area contributed by atoms with Crippen molar-refractivity contribution in [2.24, 2.45) is 11.8 Å². The van der Waals surface area contributed by atoms with Crippen LogP contribution in [0.25, 0.3) is 0 Å². The van der Waals surface area contributed by atoms with E-state index >= 15 is 0 Å². The molecular weight excluding hydrogens is 470 g/mol. The second kappa shape index (κ2) is 9.47. The number of halogens is 3. The topological polar surface area (TPSA) is 123 Å². The number of amides is 3. The highest BCUT2D eigenvalue weighted by Gasteiger charge is 2.61. The van der Waals surface area contributed by atoms with Crippen LogP contribution < -0.4 is 10.6 Å². The fraction of sp³-hybridized carbons (Fsp3) is 0.565.